The maximum Gasteiger partial charge on any atom is 0.253 e. The Labute approximate surface area is 172 Å². The highest BCUT2D eigenvalue weighted by Gasteiger charge is 2.23. The van der Waals surface area contributed by atoms with Crippen LogP contribution in [0.5, 0.6) is 5.75 Å². The fourth-order valence-corrected chi connectivity index (χ4v) is 3.45. The molecule has 0 aliphatic carbocycles. The summed E-state index contributed by atoms with van der Waals surface area (Å²) in [5, 5.41) is 0. The SMILES string of the molecule is CCCOCc1cc(C(=O)N2CCN(c3ccc(F)cc3)CC2)ccc1OCC. The van der Waals surface area contributed by atoms with Gasteiger partial charge in [0, 0.05) is 49.6 Å². The Balaban J connectivity index is 1.65. The summed E-state index contributed by atoms with van der Waals surface area (Å²) in [5.74, 6) is 0.543. The van der Waals surface area contributed by atoms with Gasteiger partial charge in [-0.2, -0.15) is 0 Å². The Bertz CT molecular complexity index is 802. The van der Waals surface area contributed by atoms with Crippen LogP contribution in [-0.4, -0.2) is 50.2 Å². The fraction of sp³-hybridized carbons (Fsp3) is 0.435. The average molecular weight is 400 g/mol. The largest absolute Gasteiger partial charge is 0.494 e. The summed E-state index contributed by atoms with van der Waals surface area (Å²) in [7, 11) is 0. The highest BCUT2D eigenvalue weighted by molar-refractivity contribution is 5.94. The van der Waals surface area contributed by atoms with Gasteiger partial charge in [-0.15, -0.1) is 0 Å². The smallest absolute Gasteiger partial charge is 0.253 e. The van der Waals surface area contributed by atoms with Gasteiger partial charge in [0.25, 0.3) is 5.91 Å². The van der Waals surface area contributed by atoms with E-state index in [2.05, 4.69) is 11.8 Å². The molecule has 0 saturated carbocycles. The fourth-order valence-electron chi connectivity index (χ4n) is 3.45. The van der Waals surface area contributed by atoms with Crippen LogP contribution in [0.25, 0.3) is 0 Å². The zero-order chi connectivity index (χ0) is 20.6. The number of halogens is 1. The molecule has 0 unspecified atom stereocenters. The van der Waals surface area contributed by atoms with Gasteiger partial charge in [-0.05, 0) is 55.8 Å². The Morgan fingerprint density at radius 2 is 1.76 bits per heavy atom. The molecule has 2 aromatic rings. The van der Waals surface area contributed by atoms with E-state index >= 15 is 0 Å². The maximum absolute atomic E-state index is 13.1. The molecule has 156 valence electrons. The predicted octanol–water partition coefficient (Wildman–Crippen LogP) is 4.11. The summed E-state index contributed by atoms with van der Waals surface area (Å²) in [4.78, 5) is 17.1. The lowest BCUT2D eigenvalue weighted by Crippen LogP contribution is -2.48. The van der Waals surface area contributed by atoms with Crippen LogP contribution in [0.15, 0.2) is 42.5 Å². The molecular formula is C23H29FN2O3. The third kappa shape index (κ3) is 5.48. The molecule has 1 fully saturated rings. The van der Waals surface area contributed by atoms with E-state index in [1.54, 1.807) is 12.1 Å². The van der Waals surface area contributed by atoms with Gasteiger partial charge in [0.15, 0.2) is 0 Å². The first kappa shape index (κ1) is 21.1. The van der Waals surface area contributed by atoms with Crippen molar-refractivity contribution < 1.29 is 18.7 Å². The molecule has 0 N–H and O–H groups in total. The number of ether oxygens (including phenoxy) is 2. The van der Waals surface area contributed by atoms with Gasteiger partial charge in [0.2, 0.25) is 0 Å². The van der Waals surface area contributed by atoms with E-state index in [1.165, 1.54) is 12.1 Å². The van der Waals surface area contributed by atoms with Gasteiger partial charge < -0.3 is 19.3 Å². The van der Waals surface area contributed by atoms with E-state index in [-0.39, 0.29) is 11.7 Å². The number of benzene rings is 2. The van der Waals surface area contributed by atoms with E-state index in [4.69, 9.17) is 9.47 Å². The second-order valence-electron chi connectivity index (χ2n) is 7.06. The standard InChI is InChI=1S/C23H29FN2O3/c1-3-15-28-17-19-16-18(5-10-22(19)29-4-2)23(27)26-13-11-25(12-14-26)21-8-6-20(24)7-9-21/h5-10,16H,3-4,11-15,17H2,1-2H3. The summed E-state index contributed by atoms with van der Waals surface area (Å²) >= 11 is 0. The molecule has 1 aliphatic rings. The number of rotatable bonds is 8. The van der Waals surface area contributed by atoms with Crippen molar-refractivity contribution in [3.63, 3.8) is 0 Å². The van der Waals surface area contributed by atoms with Gasteiger partial charge in [0.05, 0.1) is 13.2 Å². The van der Waals surface area contributed by atoms with Crippen LogP contribution >= 0.6 is 0 Å². The van der Waals surface area contributed by atoms with Crippen molar-refractivity contribution in [3.05, 3.63) is 59.4 Å². The van der Waals surface area contributed by atoms with Gasteiger partial charge in [-0.3, -0.25) is 4.79 Å². The summed E-state index contributed by atoms with van der Waals surface area (Å²) in [6, 6.07) is 12.1. The van der Waals surface area contributed by atoms with Crippen LogP contribution in [0.1, 0.15) is 36.2 Å². The third-order valence-corrected chi connectivity index (χ3v) is 4.97. The van der Waals surface area contributed by atoms with Crippen LogP contribution in [0.3, 0.4) is 0 Å². The molecule has 29 heavy (non-hydrogen) atoms. The number of nitrogens with zero attached hydrogens (tertiary/aromatic N) is 2. The Hall–Kier alpha value is -2.60. The highest BCUT2D eigenvalue weighted by atomic mass is 19.1. The van der Waals surface area contributed by atoms with Crippen LogP contribution < -0.4 is 9.64 Å². The van der Waals surface area contributed by atoms with Gasteiger partial charge >= 0.3 is 0 Å². The van der Waals surface area contributed by atoms with E-state index in [0.717, 1.165) is 36.5 Å². The number of hydrogen-bond donors (Lipinski definition) is 0. The zero-order valence-corrected chi connectivity index (χ0v) is 17.2. The maximum atomic E-state index is 13.1. The van der Waals surface area contributed by atoms with Gasteiger partial charge in [-0.25, -0.2) is 4.39 Å². The minimum Gasteiger partial charge on any atom is -0.494 e. The molecule has 5 nitrogen and oxygen atoms in total. The lowest BCUT2D eigenvalue weighted by molar-refractivity contribution is 0.0746. The monoisotopic (exact) mass is 400 g/mol. The molecule has 0 aromatic heterocycles. The first-order valence-electron chi connectivity index (χ1n) is 10.3. The molecule has 1 amide bonds. The molecule has 2 aromatic carbocycles. The molecule has 0 spiro atoms. The second-order valence-corrected chi connectivity index (χ2v) is 7.06. The van der Waals surface area contributed by atoms with E-state index < -0.39 is 0 Å². The Morgan fingerprint density at radius 1 is 1.03 bits per heavy atom. The average Bonchev–Trinajstić information content (AvgIpc) is 2.75. The van der Waals surface area contributed by atoms with Crippen molar-refractivity contribution in [1.82, 2.24) is 4.90 Å². The molecular weight excluding hydrogens is 371 g/mol. The van der Waals surface area contributed by atoms with E-state index in [9.17, 15) is 9.18 Å². The second kappa shape index (κ2) is 10.3. The lowest BCUT2D eigenvalue weighted by atomic mass is 10.1. The number of anilines is 1. The van der Waals surface area contributed by atoms with E-state index in [0.29, 0.717) is 38.5 Å². The first-order valence-corrected chi connectivity index (χ1v) is 10.3. The highest BCUT2D eigenvalue weighted by Crippen LogP contribution is 2.23. The van der Waals surface area contributed by atoms with Crippen LogP contribution in [-0.2, 0) is 11.3 Å². The number of amides is 1. The normalized spacial score (nSPS) is 14.2. The van der Waals surface area contributed by atoms with Crippen molar-refractivity contribution in [3.8, 4) is 5.75 Å². The van der Waals surface area contributed by atoms with Crippen molar-refractivity contribution in [2.75, 3.05) is 44.3 Å². The number of carbonyl (C=O) groups is 1. The number of carbonyl (C=O) groups excluding carboxylic acids is 1. The minimum absolute atomic E-state index is 0.0172. The van der Waals surface area contributed by atoms with Crippen molar-refractivity contribution >= 4 is 11.6 Å². The molecule has 0 atom stereocenters. The Kier molecular flexibility index (Phi) is 7.47. The van der Waals surface area contributed by atoms with E-state index in [1.807, 2.05) is 30.0 Å². The minimum atomic E-state index is -0.239. The topological polar surface area (TPSA) is 42.0 Å². The number of piperazine rings is 1. The molecule has 0 bridgehead atoms. The Morgan fingerprint density at radius 3 is 2.41 bits per heavy atom. The van der Waals surface area contributed by atoms with Crippen molar-refractivity contribution in [2.45, 2.75) is 26.9 Å². The van der Waals surface area contributed by atoms with Crippen molar-refractivity contribution in [1.29, 1.82) is 0 Å². The molecule has 1 heterocycles. The van der Waals surface area contributed by atoms with Crippen LogP contribution in [0.2, 0.25) is 0 Å². The van der Waals surface area contributed by atoms with Crippen molar-refractivity contribution in [2.24, 2.45) is 0 Å². The summed E-state index contributed by atoms with van der Waals surface area (Å²) in [6.45, 7) is 8.39. The van der Waals surface area contributed by atoms with Crippen LogP contribution in [0.4, 0.5) is 10.1 Å². The number of hydrogen-bond acceptors (Lipinski definition) is 4. The first-order chi connectivity index (χ1) is 14.1. The van der Waals surface area contributed by atoms with Crippen LogP contribution in [0, 0.1) is 5.82 Å². The van der Waals surface area contributed by atoms with Gasteiger partial charge in [0.1, 0.15) is 11.6 Å². The zero-order valence-electron chi connectivity index (χ0n) is 17.2. The summed E-state index contributed by atoms with van der Waals surface area (Å²) < 4.78 is 24.5. The quantitative estimate of drug-likeness (QED) is 0.626. The molecule has 3 rings (SSSR count). The molecule has 1 saturated heterocycles. The lowest BCUT2D eigenvalue weighted by Gasteiger charge is -2.36. The predicted molar refractivity (Wildman–Crippen MR) is 112 cm³/mol. The molecule has 6 heteroatoms. The summed E-state index contributed by atoms with van der Waals surface area (Å²) in [6.07, 6.45) is 0.945. The molecule has 1 aliphatic heterocycles. The molecule has 0 radical (unpaired) electrons. The third-order valence-electron chi connectivity index (χ3n) is 4.97. The summed E-state index contributed by atoms with van der Waals surface area (Å²) in [5.41, 5.74) is 2.53. The van der Waals surface area contributed by atoms with Gasteiger partial charge in [-0.1, -0.05) is 6.92 Å².